The topological polar surface area (TPSA) is 40.6 Å². The molecular formula is C22H30N2O2. The Labute approximate surface area is 156 Å². The zero-order chi connectivity index (χ0) is 18.1. The van der Waals surface area contributed by atoms with Crippen LogP contribution in [0.15, 0.2) is 30.3 Å². The summed E-state index contributed by atoms with van der Waals surface area (Å²) in [6.07, 6.45) is 8.30. The molecule has 0 N–H and O–H groups in total. The summed E-state index contributed by atoms with van der Waals surface area (Å²) in [6.45, 7) is 1.57. The Bertz CT molecular complexity index is 658. The molecule has 0 aromatic heterocycles. The Morgan fingerprint density at radius 3 is 2.31 bits per heavy atom. The van der Waals surface area contributed by atoms with Gasteiger partial charge in [-0.3, -0.25) is 9.59 Å². The molecular weight excluding hydrogens is 324 g/mol. The molecule has 3 fully saturated rings. The Morgan fingerprint density at radius 2 is 1.73 bits per heavy atom. The predicted octanol–water partition coefficient (Wildman–Crippen LogP) is 3.57. The molecule has 1 aromatic carbocycles. The van der Waals surface area contributed by atoms with Crippen LogP contribution in [-0.2, 0) is 9.59 Å². The second-order valence-electron chi connectivity index (χ2n) is 8.44. The summed E-state index contributed by atoms with van der Waals surface area (Å²) in [7, 11) is 1.94. The highest BCUT2D eigenvalue weighted by Gasteiger charge is 2.46. The van der Waals surface area contributed by atoms with E-state index in [1.165, 1.54) is 31.2 Å². The number of rotatable bonds is 3. The highest BCUT2D eigenvalue weighted by atomic mass is 16.2. The second-order valence-corrected chi connectivity index (χ2v) is 8.44. The van der Waals surface area contributed by atoms with Crippen LogP contribution in [0.2, 0.25) is 0 Å². The van der Waals surface area contributed by atoms with Gasteiger partial charge in [0.1, 0.15) is 0 Å². The van der Waals surface area contributed by atoms with Crippen molar-refractivity contribution in [1.82, 2.24) is 9.80 Å². The van der Waals surface area contributed by atoms with Gasteiger partial charge in [0, 0.05) is 32.1 Å². The molecule has 2 aliphatic heterocycles. The van der Waals surface area contributed by atoms with E-state index in [9.17, 15) is 9.59 Å². The normalized spacial score (nSPS) is 24.4. The third-order valence-electron chi connectivity index (χ3n) is 7.19. The van der Waals surface area contributed by atoms with E-state index in [0.717, 1.165) is 32.4 Å². The van der Waals surface area contributed by atoms with Crippen LogP contribution in [0.5, 0.6) is 0 Å². The van der Waals surface area contributed by atoms with Crippen molar-refractivity contribution in [2.75, 3.05) is 20.1 Å². The molecule has 1 aromatic rings. The van der Waals surface area contributed by atoms with Crippen LogP contribution >= 0.6 is 0 Å². The Morgan fingerprint density at radius 1 is 1.08 bits per heavy atom. The summed E-state index contributed by atoms with van der Waals surface area (Å²) in [6, 6.07) is 10.4. The number of piperidine rings is 1. The van der Waals surface area contributed by atoms with Crippen LogP contribution in [0.25, 0.3) is 0 Å². The van der Waals surface area contributed by atoms with Gasteiger partial charge in [0.25, 0.3) is 0 Å². The van der Waals surface area contributed by atoms with E-state index in [4.69, 9.17) is 0 Å². The number of carbonyl (C=O) groups is 2. The summed E-state index contributed by atoms with van der Waals surface area (Å²) in [5, 5.41) is 0. The first kappa shape index (κ1) is 17.6. The molecule has 1 unspecified atom stereocenters. The van der Waals surface area contributed by atoms with Crippen LogP contribution < -0.4 is 0 Å². The van der Waals surface area contributed by atoms with E-state index in [1.54, 1.807) is 0 Å². The molecule has 0 bridgehead atoms. The number of hydrogen-bond acceptors (Lipinski definition) is 2. The van der Waals surface area contributed by atoms with E-state index in [1.807, 2.05) is 18.0 Å². The van der Waals surface area contributed by atoms with Crippen molar-refractivity contribution in [1.29, 1.82) is 0 Å². The highest BCUT2D eigenvalue weighted by Crippen LogP contribution is 2.41. The van der Waals surface area contributed by atoms with E-state index in [2.05, 4.69) is 29.2 Å². The first-order valence-corrected chi connectivity index (χ1v) is 10.2. The Kier molecular flexibility index (Phi) is 4.76. The molecule has 1 spiro atoms. The first-order chi connectivity index (χ1) is 12.6. The van der Waals surface area contributed by atoms with E-state index >= 15 is 0 Å². The van der Waals surface area contributed by atoms with Gasteiger partial charge in [-0.1, -0.05) is 43.2 Å². The van der Waals surface area contributed by atoms with Gasteiger partial charge in [-0.25, -0.2) is 0 Å². The first-order valence-electron chi connectivity index (χ1n) is 10.2. The largest absolute Gasteiger partial charge is 0.342 e. The van der Waals surface area contributed by atoms with Crippen LogP contribution in [0.1, 0.15) is 62.8 Å². The number of nitrogens with zero attached hydrogens (tertiary/aromatic N) is 2. The van der Waals surface area contributed by atoms with Gasteiger partial charge in [-0.15, -0.1) is 0 Å². The maximum atomic E-state index is 13.5. The maximum Gasteiger partial charge on any atom is 0.230 e. The molecule has 1 atom stereocenters. The Balaban J connectivity index is 1.49. The molecule has 1 aliphatic carbocycles. The number of carbonyl (C=O) groups excluding carboxylic acids is 2. The van der Waals surface area contributed by atoms with Crippen molar-refractivity contribution >= 4 is 11.8 Å². The van der Waals surface area contributed by atoms with Gasteiger partial charge in [-0.05, 0) is 43.6 Å². The van der Waals surface area contributed by atoms with Crippen LogP contribution in [0, 0.1) is 5.92 Å². The van der Waals surface area contributed by atoms with Crippen molar-refractivity contribution in [3.05, 3.63) is 35.9 Å². The lowest BCUT2D eigenvalue weighted by atomic mass is 9.81. The smallest absolute Gasteiger partial charge is 0.230 e. The van der Waals surface area contributed by atoms with Crippen molar-refractivity contribution in [2.24, 2.45) is 5.92 Å². The quantitative estimate of drug-likeness (QED) is 0.832. The summed E-state index contributed by atoms with van der Waals surface area (Å²) in [5.41, 5.74) is 1.18. The number of likely N-dealkylation sites (tertiary alicyclic amines) is 2. The van der Waals surface area contributed by atoms with Gasteiger partial charge in [0.2, 0.25) is 11.8 Å². The molecule has 1 saturated carbocycles. The summed E-state index contributed by atoms with van der Waals surface area (Å²) in [4.78, 5) is 29.5. The van der Waals surface area contributed by atoms with Gasteiger partial charge < -0.3 is 9.80 Å². The molecule has 2 amide bonds. The van der Waals surface area contributed by atoms with Crippen LogP contribution in [0.3, 0.4) is 0 Å². The molecule has 4 heteroatoms. The lowest BCUT2D eigenvalue weighted by Gasteiger charge is -2.44. The summed E-state index contributed by atoms with van der Waals surface area (Å²) >= 11 is 0. The van der Waals surface area contributed by atoms with Crippen LogP contribution in [0.4, 0.5) is 0 Å². The minimum Gasteiger partial charge on any atom is -0.342 e. The summed E-state index contributed by atoms with van der Waals surface area (Å²) in [5.74, 6) is 1.06. The number of benzene rings is 1. The monoisotopic (exact) mass is 354 g/mol. The summed E-state index contributed by atoms with van der Waals surface area (Å²) < 4.78 is 0. The standard InChI is InChI=1S/C22H30N2O2/c1-23-19(25)11-12-22(23)13-15-24(16-14-22)21(26)20(18-9-5-6-10-18)17-7-3-2-4-8-17/h2-4,7-8,18,20H,5-6,9-16H2,1H3. The average molecular weight is 354 g/mol. The van der Waals surface area contributed by atoms with Crippen molar-refractivity contribution in [3.8, 4) is 0 Å². The molecule has 2 heterocycles. The van der Waals surface area contributed by atoms with Gasteiger partial charge in [0.15, 0.2) is 0 Å². The second kappa shape index (κ2) is 7.05. The van der Waals surface area contributed by atoms with Gasteiger partial charge in [0.05, 0.1) is 5.92 Å². The molecule has 140 valence electrons. The van der Waals surface area contributed by atoms with E-state index < -0.39 is 0 Å². The minimum absolute atomic E-state index is 0.00344. The van der Waals surface area contributed by atoms with Crippen molar-refractivity contribution in [2.45, 2.75) is 62.8 Å². The van der Waals surface area contributed by atoms with Crippen molar-refractivity contribution < 1.29 is 9.59 Å². The highest BCUT2D eigenvalue weighted by molar-refractivity contribution is 5.84. The number of amides is 2. The van der Waals surface area contributed by atoms with Gasteiger partial charge in [-0.2, -0.15) is 0 Å². The lowest BCUT2D eigenvalue weighted by molar-refractivity contribution is -0.137. The fourth-order valence-electron chi connectivity index (χ4n) is 5.43. The molecule has 26 heavy (non-hydrogen) atoms. The zero-order valence-electron chi connectivity index (χ0n) is 15.8. The van der Waals surface area contributed by atoms with Crippen molar-refractivity contribution in [3.63, 3.8) is 0 Å². The zero-order valence-corrected chi connectivity index (χ0v) is 15.8. The third kappa shape index (κ3) is 3.04. The average Bonchev–Trinajstić information content (AvgIpc) is 3.29. The van der Waals surface area contributed by atoms with E-state index in [-0.39, 0.29) is 17.4 Å². The molecule has 4 rings (SSSR count). The molecule has 3 aliphatic rings. The fraction of sp³-hybridized carbons (Fsp3) is 0.636. The van der Waals surface area contributed by atoms with Crippen LogP contribution in [-0.4, -0.2) is 47.3 Å². The SMILES string of the molecule is CN1C(=O)CCC12CCN(C(=O)C(c1ccccc1)C1CCCC1)CC2. The molecule has 0 radical (unpaired) electrons. The fourth-order valence-corrected chi connectivity index (χ4v) is 5.43. The lowest BCUT2D eigenvalue weighted by Crippen LogP contribution is -2.53. The Hall–Kier alpha value is -1.84. The minimum atomic E-state index is 0.00344. The third-order valence-corrected chi connectivity index (χ3v) is 7.19. The number of hydrogen-bond donors (Lipinski definition) is 0. The van der Waals surface area contributed by atoms with E-state index in [0.29, 0.717) is 18.2 Å². The predicted molar refractivity (Wildman–Crippen MR) is 102 cm³/mol. The van der Waals surface area contributed by atoms with Gasteiger partial charge >= 0.3 is 0 Å². The molecule has 4 nitrogen and oxygen atoms in total. The maximum absolute atomic E-state index is 13.5. The molecule has 2 saturated heterocycles.